The molecule has 3 aromatic rings. The van der Waals surface area contributed by atoms with Crippen LogP contribution in [0.15, 0.2) is 53.1 Å². The van der Waals surface area contributed by atoms with Gasteiger partial charge in [0.2, 0.25) is 0 Å². The summed E-state index contributed by atoms with van der Waals surface area (Å²) in [4.78, 5) is 12.4. The van der Waals surface area contributed by atoms with E-state index < -0.39 is 0 Å². The first-order valence-electron chi connectivity index (χ1n) is 9.29. The standard InChI is InChI=1S/C20H23N5O2/c21-15-6-8-16(9-7-15)25-13-18(23-24-25)20(26)22-12-17-10-11-19(27-17)14-4-2-1-3-5-14/h1-5,10-11,13,15-16H,6-9,12,21H2,(H,22,26). The summed E-state index contributed by atoms with van der Waals surface area (Å²) in [5, 5.41) is 11.0. The van der Waals surface area contributed by atoms with Crippen LogP contribution in [0.1, 0.15) is 48.0 Å². The normalized spacial score (nSPS) is 19.7. The van der Waals surface area contributed by atoms with E-state index in [1.54, 1.807) is 10.9 Å². The fourth-order valence-electron chi connectivity index (χ4n) is 3.41. The average Bonchev–Trinajstić information content (AvgIpc) is 3.37. The van der Waals surface area contributed by atoms with Gasteiger partial charge in [-0.25, -0.2) is 4.68 Å². The first kappa shape index (κ1) is 17.5. The van der Waals surface area contributed by atoms with E-state index >= 15 is 0 Å². The van der Waals surface area contributed by atoms with Crippen molar-refractivity contribution in [2.75, 3.05) is 0 Å². The molecular weight excluding hydrogens is 342 g/mol. The van der Waals surface area contributed by atoms with E-state index in [1.807, 2.05) is 42.5 Å². The summed E-state index contributed by atoms with van der Waals surface area (Å²) in [5.41, 5.74) is 7.27. The van der Waals surface area contributed by atoms with Crippen LogP contribution in [-0.4, -0.2) is 26.9 Å². The highest BCUT2D eigenvalue weighted by Gasteiger charge is 2.22. The number of benzene rings is 1. The van der Waals surface area contributed by atoms with Gasteiger partial charge >= 0.3 is 0 Å². The lowest BCUT2D eigenvalue weighted by Gasteiger charge is -2.25. The molecule has 0 spiro atoms. The van der Waals surface area contributed by atoms with Crippen molar-refractivity contribution in [3.8, 4) is 11.3 Å². The Morgan fingerprint density at radius 1 is 1.15 bits per heavy atom. The highest BCUT2D eigenvalue weighted by atomic mass is 16.3. The molecule has 0 atom stereocenters. The Labute approximate surface area is 157 Å². The molecule has 4 rings (SSSR count). The molecule has 1 aliphatic carbocycles. The monoisotopic (exact) mass is 365 g/mol. The van der Waals surface area contributed by atoms with Crippen LogP contribution in [0.3, 0.4) is 0 Å². The molecule has 1 aliphatic rings. The summed E-state index contributed by atoms with van der Waals surface area (Å²) in [6, 6.07) is 14.2. The topological polar surface area (TPSA) is 99.0 Å². The van der Waals surface area contributed by atoms with Crippen molar-refractivity contribution in [1.29, 1.82) is 0 Å². The van der Waals surface area contributed by atoms with Crippen molar-refractivity contribution in [1.82, 2.24) is 20.3 Å². The molecule has 140 valence electrons. The van der Waals surface area contributed by atoms with E-state index in [4.69, 9.17) is 10.2 Å². The molecule has 1 aromatic carbocycles. The largest absolute Gasteiger partial charge is 0.459 e. The van der Waals surface area contributed by atoms with Crippen LogP contribution in [0.25, 0.3) is 11.3 Å². The maximum atomic E-state index is 12.4. The van der Waals surface area contributed by atoms with Crippen LogP contribution in [0.5, 0.6) is 0 Å². The van der Waals surface area contributed by atoms with Crippen molar-refractivity contribution in [2.24, 2.45) is 5.73 Å². The summed E-state index contributed by atoms with van der Waals surface area (Å²) in [6.45, 7) is 0.302. The number of nitrogens with zero attached hydrogens (tertiary/aromatic N) is 3. The van der Waals surface area contributed by atoms with E-state index in [2.05, 4.69) is 15.6 Å². The fraction of sp³-hybridized carbons (Fsp3) is 0.350. The van der Waals surface area contributed by atoms with Gasteiger partial charge in [0.1, 0.15) is 11.5 Å². The van der Waals surface area contributed by atoms with Crippen LogP contribution in [0.2, 0.25) is 0 Å². The Kier molecular flexibility index (Phi) is 5.02. The maximum absolute atomic E-state index is 12.4. The number of carbonyl (C=O) groups is 1. The third kappa shape index (κ3) is 4.09. The average molecular weight is 365 g/mol. The molecular formula is C20H23N5O2. The summed E-state index contributed by atoms with van der Waals surface area (Å²) in [5.74, 6) is 1.21. The summed E-state index contributed by atoms with van der Waals surface area (Å²) >= 11 is 0. The molecule has 1 fully saturated rings. The first-order valence-corrected chi connectivity index (χ1v) is 9.29. The lowest BCUT2D eigenvalue weighted by Crippen LogP contribution is -2.28. The minimum Gasteiger partial charge on any atom is -0.459 e. The molecule has 0 radical (unpaired) electrons. The molecule has 0 bridgehead atoms. The van der Waals surface area contributed by atoms with Crippen LogP contribution in [0.4, 0.5) is 0 Å². The Morgan fingerprint density at radius 2 is 1.93 bits per heavy atom. The van der Waals surface area contributed by atoms with Gasteiger partial charge in [0.05, 0.1) is 18.8 Å². The van der Waals surface area contributed by atoms with Gasteiger partial charge in [-0.3, -0.25) is 4.79 Å². The van der Waals surface area contributed by atoms with Gasteiger partial charge in [-0.05, 0) is 37.8 Å². The number of nitrogens with one attached hydrogen (secondary N) is 1. The van der Waals surface area contributed by atoms with Gasteiger partial charge < -0.3 is 15.5 Å². The second kappa shape index (κ2) is 7.75. The molecule has 0 aliphatic heterocycles. The predicted octanol–water partition coefficient (Wildman–Crippen LogP) is 2.91. The third-order valence-electron chi connectivity index (χ3n) is 5.00. The molecule has 3 N–H and O–H groups in total. The van der Waals surface area contributed by atoms with Crippen molar-refractivity contribution in [3.05, 3.63) is 60.1 Å². The highest BCUT2D eigenvalue weighted by Crippen LogP contribution is 2.27. The summed E-state index contributed by atoms with van der Waals surface area (Å²) in [7, 11) is 0. The minimum absolute atomic E-state index is 0.258. The van der Waals surface area contributed by atoms with E-state index in [0.717, 1.165) is 37.0 Å². The molecule has 0 unspecified atom stereocenters. The van der Waals surface area contributed by atoms with Gasteiger partial charge in [-0.15, -0.1) is 5.10 Å². The molecule has 0 saturated heterocycles. The molecule has 1 saturated carbocycles. The summed E-state index contributed by atoms with van der Waals surface area (Å²) in [6.07, 6.45) is 5.62. The number of aromatic nitrogens is 3. The lowest BCUT2D eigenvalue weighted by atomic mass is 9.92. The lowest BCUT2D eigenvalue weighted by molar-refractivity contribution is 0.0943. The Bertz CT molecular complexity index is 894. The molecule has 7 nitrogen and oxygen atoms in total. The number of rotatable bonds is 5. The molecule has 1 amide bonds. The van der Waals surface area contributed by atoms with Crippen molar-refractivity contribution >= 4 is 5.91 Å². The predicted molar refractivity (Wildman–Crippen MR) is 101 cm³/mol. The molecule has 2 heterocycles. The molecule has 27 heavy (non-hydrogen) atoms. The Hall–Kier alpha value is -2.93. The number of hydrogen-bond acceptors (Lipinski definition) is 5. The number of nitrogens with two attached hydrogens (primary N) is 1. The van der Waals surface area contributed by atoms with Crippen LogP contribution < -0.4 is 11.1 Å². The van der Waals surface area contributed by atoms with Gasteiger partial charge in [0.25, 0.3) is 5.91 Å². The van der Waals surface area contributed by atoms with Gasteiger partial charge in [-0.1, -0.05) is 35.5 Å². The van der Waals surface area contributed by atoms with Gasteiger partial charge in [0.15, 0.2) is 5.69 Å². The SMILES string of the molecule is NC1CCC(n2cc(C(=O)NCc3ccc(-c4ccccc4)o3)nn2)CC1. The Morgan fingerprint density at radius 3 is 2.70 bits per heavy atom. The summed E-state index contributed by atoms with van der Waals surface area (Å²) < 4.78 is 7.59. The highest BCUT2D eigenvalue weighted by molar-refractivity contribution is 5.91. The van der Waals surface area contributed by atoms with E-state index in [-0.39, 0.29) is 18.0 Å². The van der Waals surface area contributed by atoms with Crippen molar-refractivity contribution < 1.29 is 9.21 Å². The van der Waals surface area contributed by atoms with Crippen LogP contribution in [-0.2, 0) is 6.54 Å². The third-order valence-corrected chi connectivity index (χ3v) is 5.00. The molecule has 7 heteroatoms. The molecule has 2 aromatic heterocycles. The first-order chi connectivity index (χ1) is 13.2. The van der Waals surface area contributed by atoms with Crippen LogP contribution >= 0.6 is 0 Å². The Balaban J connectivity index is 1.34. The number of amides is 1. The number of hydrogen-bond donors (Lipinski definition) is 2. The van der Waals surface area contributed by atoms with Crippen molar-refractivity contribution in [3.63, 3.8) is 0 Å². The van der Waals surface area contributed by atoms with Gasteiger partial charge in [-0.2, -0.15) is 0 Å². The smallest absolute Gasteiger partial charge is 0.273 e. The van der Waals surface area contributed by atoms with Gasteiger partial charge in [0, 0.05) is 11.6 Å². The zero-order chi connectivity index (χ0) is 18.6. The van der Waals surface area contributed by atoms with E-state index in [0.29, 0.717) is 18.0 Å². The second-order valence-electron chi connectivity index (χ2n) is 6.97. The zero-order valence-corrected chi connectivity index (χ0v) is 15.0. The second-order valence-corrected chi connectivity index (χ2v) is 6.97. The van der Waals surface area contributed by atoms with E-state index in [9.17, 15) is 4.79 Å². The fourth-order valence-corrected chi connectivity index (χ4v) is 3.41. The minimum atomic E-state index is -0.258. The van der Waals surface area contributed by atoms with Crippen LogP contribution in [0, 0.1) is 0 Å². The van der Waals surface area contributed by atoms with E-state index in [1.165, 1.54) is 0 Å². The zero-order valence-electron chi connectivity index (χ0n) is 15.0. The quantitative estimate of drug-likeness (QED) is 0.724. The number of carbonyl (C=O) groups excluding carboxylic acids is 1. The maximum Gasteiger partial charge on any atom is 0.273 e. The van der Waals surface area contributed by atoms with Crippen molar-refractivity contribution in [2.45, 2.75) is 44.3 Å². The number of furan rings is 1.